The Kier molecular flexibility index (Phi) is 4.56. The Labute approximate surface area is 87.6 Å². The molecule has 0 aliphatic carbocycles. The summed E-state index contributed by atoms with van der Waals surface area (Å²) in [5.41, 5.74) is 4.31. The molecule has 0 aliphatic heterocycles. The van der Waals surface area contributed by atoms with Crippen LogP contribution in [-0.4, -0.2) is 22.5 Å². The first-order valence-corrected chi connectivity index (χ1v) is 5.22. The number of aliphatic hydroxyl groups is 1. The molecule has 86 valence electrons. The third kappa shape index (κ3) is 4.40. The Balaban J connectivity index is 4.22. The van der Waals surface area contributed by atoms with Crippen molar-refractivity contribution in [2.24, 2.45) is 11.7 Å². The topological polar surface area (TPSA) is 55.5 Å². The maximum absolute atomic E-state index is 9.85. The van der Waals surface area contributed by atoms with E-state index in [2.05, 4.69) is 13.8 Å². The summed E-state index contributed by atoms with van der Waals surface area (Å²) >= 11 is 0. The third-order valence-electron chi connectivity index (χ3n) is 2.62. The highest BCUT2D eigenvalue weighted by atomic mass is 16.5. The van der Waals surface area contributed by atoms with Gasteiger partial charge in [-0.2, -0.15) is 0 Å². The number of ether oxygens (including phenoxy) is 1. The fourth-order valence-electron chi connectivity index (χ4n) is 1.04. The average Bonchev–Trinajstić information content (AvgIpc) is 1.79. The lowest BCUT2D eigenvalue weighted by Gasteiger charge is -2.39. The summed E-state index contributed by atoms with van der Waals surface area (Å²) in [4.78, 5) is 0. The second-order valence-corrected chi connectivity index (χ2v) is 5.36. The lowest BCUT2D eigenvalue weighted by Crippen LogP contribution is -2.51. The van der Waals surface area contributed by atoms with E-state index in [-0.39, 0.29) is 6.23 Å². The van der Waals surface area contributed by atoms with E-state index in [0.717, 1.165) is 6.42 Å². The van der Waals surface area contributed by atoms with Crippen molar-refractivity contribution in [2.45, 2.75) is 65.4 Å². The van der Waals surface area contributed by atoms with Crippen molar-refractivity contribution in [1.82, 2.24) is 0 Å². The zero-order chi connectivity index (χ0) is 11.6. The van der Waals surface area contributed by atoms with Gasteiger partial charge in [0.2, 0.25) is 0 Å². The Morgan fingerprint density at radius 2 is 1.64 bits per heavy atom. The van der Waals surface area contributed by atoms with Gasteiger partial charge >= 0.3 is 0 Å². The molecule has 0 aliphatic rings. The van der Waals surface area contributed by atoms with Crippen molar-refractivity contribution in [2.75, 3.05) is 0 Å². The summed E-state index contributed by atoms with van der Waals surface area (Å²) in [5, 5.41) is 9.85. The largest absolute Gasteiger partial charge is 0.387 e. The van der Waals surface area contributed by atoms with Gasteiger partial charge < -0.3 is 15.6 Å². The molecule has 0 bridgehead atoms. The van der Waals surface area contributed by atoms with Crippen molar-refractivity contribution in [3.63, 3.8) is 0 Å². The zero-order valence-electron chi connectivity index (χ0n) is 10.3. The third-order valence-corrected chi connectivity index (χ3v) is 2.62. The molecule has 0 fully saturated rings. The fraction of sp³-hybridized carbons (Fsp3) is 1.00. The van der Waals surface area contributed by atoms with Gasteiger partial charge in [-0.3, -0.25) is 0 Å². The molecule has 0 rings (SSSR count). The minimum Gasteiger partial charge on any atom is -0.387 e. The van der Waals surface area contributed by atoms with Gasteiger partial charge in [0.1, 0.15) is 6.23 Å². The number of hydrogen-bond donors (Lipinski definition) is 2. The SMILES string of the molecule is CC(C)CC(N)OC(C)(C)C(C)(C)O. The van der Waals surface area contributed by atoms with Crippen LogP contribution in [0.1, 0.15) is 48.0 Å². The van der Waals surface area contributed by atoms with Crippen LogP contribution in [0.2, 0.25) is 0 Å². The van der Waals surface area contributed by atoms with Gasteiger partial charge in [-0.05, 0) is 40.0 Å². The highest BCUT2D eigenvalue weighted by Crippen LogP contribution is 2.26. The van der Waals surface area contributed by atoms with Crippen LogP contribution in [0.5, 0.6) is 0 Å². The molecular weight excluding hydrogens is 178 g/mol. The van der Waals surface area contributed by atoms with Crippen molar-refractivity contribution >= 4 is 0 Å². The van der Waals surface area contributed by atoms with E-state index >= 15 is 0 Å². The van der Waals surface area contributed by atoms with Crippen molar-refractivity contribution in [1.29, 1.82) is 0 Å². The lowest BCUT2D eigenvalue weighted by atomic mass is 9.89. The Morgan fingerprint density at radius 1 is 1.21 bits per heavy atom. The smallest absolute Gasteiger partial charge is 0.106 e. The molecule has 0 aromatic rings. The van der Waals surface area contributed by atoms with Crippen LogP contribution in [0.25, 0.3) is 0 Å². The summed E-state index contributed by atoms with van der Waals surface area (Å²) in [5.74, 6) is 0.502. The van der Waals surface area contributed by atoms with E-state index in [4.69, 9.17) is 10.5 Å². The van der Waals surface area contributed by atoms with E-state index in [0.29, 0.717) is 5.92 Å². The summed E-state index contributed by atoms with van der Waals surface area (Å²) in [7, 11) is 0. The molecule has 0 amide bonds. The first-order chi connectivity index (χ1) is 6.06. The zero-order valence-corrected chi connectivity index (χ0v) is 10.3. The Bertz CT molecular complexity index is 171. The second-order valence-electron chi connectivity index (χ2n) is 5.36. The quantitative estimate of drug-likeness (QED) is 0.671. The van der Waals surface area contributed by atoms with E-state index in [1.807, 2.05) is 13.8 Å². The molecule has 0 aromatic carbocycles. The predicted molar refractivity (Wildman–Crippen MR) is 58.9 cm³/mol. The van der Waals surface area contributed by atoms with Crippen LogP contribution in [0, 0.1) is 5.92 Å². The van der Waals surface area contributed by atoms with Gasteiger partial charge in [-0.25, -0.2) is 0 Å². The molecule has 0 saturated heterocycles. The molecule has 3 heteroatoms. The maximum atomic E-state index is 9.85. The van der Waals surface area contributed by atoms with Gasteiger partial charge in [0.05, 0.1) is 11.2 Å². The van der Waals surface area contributed by atoms with Gasteiger partial charge in [0.25, 0.3) is 0 Å². The van der Waals surface area contributed by atoms with Crippen molar-refractivity contribution in [3.8, 4) is 0 Å². The molecule has 1 unspecified atom stereocenters. The van der Waals surface area contributed by atoms with E-state index in [1.165, 1.54) is 0 Å². The molecule has 14 heavy (non-hydrogen) atoms. The highest BCUT2D eigenvalue weighted by molar-refractivity contribution is 4.88. The molecule has 0 radical (unpaired) electrons. The average molecular weight is 203 g/mol. The van der Waals surface area contributed by atoms with Crippen molar-refractivity contribution < 1.29 is 9.84 Å². The molecule has 0 heterocycles. The molecular formula is C11H25NO2. The van der Waals surface area contributed by atoms with E-state index < -0.39 is 11.2 Å². The predicted octanol–water partition coefficient (Wildman–Crippen LogP) is 1.88. The lowest BCUT2D eigenvalue weighted by molar-refractivity contribution is -0.175. The number of hydrogen-bond acceptors (Lipinski definition) is 3. The van der Waals surface area contributed by atoms with Crippen LogP contribution >= 0.6 is 0 Å². The molecule has 3 N–H and O–H groups in total. The van der Waals surface area contributed by atoms with Crippen LogP contribution in [0.3, 0.4) is 0 Å². The summed E-state index contributed by atoms with van der Waals surface area (Å²) in [6.45, 7) is 11.4. The van der Waals surface area contributed by atoms with Crippen LogP contribution in [-0.2, 0) is 4.74 Å². The molecule has 0 aromatic heterocycles. The van der Waals surface area contributed by atoms with Gasteiger partial charge in [-0.1, -0.05) is 13.8 Å². The Hall–Kier alpha value is -0.120. The second kappa shape index (κ2) is 4.60. The summed E-state index contributed by atoms with van der Waals surface area (Å²) in [6.07, 6.45) is 0.496. The number of rotatable bonds is 5. The van der Waals surface area contributed by atoms with Crippen LogP contribution < -0.4 is 5.73 Å². The molecule has 0 saturated carbocycles. The van der Waals surface area contributed by atoms with E-state index in [1.54, 1.807) is 13.8 Å². The van der Waals surface area contributed by atoms with Crippen LogP contribution in [0.15, 0.2) is 0 Å². The van der Waals surface area contributed by atoms with Crippen molar-refractivity contribution in [3.05, 3.63) is 0 Å². The first kappa shape index (κ1) is 13.9. The molecule has 0 spiro atoms. The Morgan fingerprint density at radius 3 is 1.93 bits per heavy atom. The highest BCUT2D eigenvalue weighted by Gasteiger charge is 2.37. The summed E-state index contributed by atoms with van der Waals surface area (Å²) < 4.78 is 5.64. The first-order valence-electron chi connectivity index (χ1n) is 5.22. The minimum absolute atomic E-state index is 0.309. The number of nitrogens with two attached hydrogens (primary N) is 1. The monoisotopic (exact) mass is 203 g/mol. The molecule has 1 atom stereocenters. The van der Waals surface area contributed by atoms with Gasteiger partial charge in [0.15, 0.2) is 0 Å². The van der Waals surface area contributed by atoms with E-state index in [9.17, 15) is 5.11 Å². The summed E-state index contributed by atoms with van der Waals surface area (Å²) in [6, 6.07) is 0. The fourth-order valence-corrected chi connectivity index (χ4v) is 1.04. The van der Waals surface area contributed by atoms with Gasteiger partial charge in [0, 0.05) is 0 Å². The standard InChI is InChI=1S/C11H25NO2/c1-8(2)7-9(12)14-11(5,6)10(3,4)13/h8-9,13H,7,12H2,1-6H3. The minimum atomic E-state index is -0.887. The maximum Gasteiger partial charge on any atom is 0.106 e. The van der Waals surface area contributed by atoms with Crippen LogP contribution in [0.4, 0.5) is 0 Å². The molecule has 3 nitrogen and oxygen atoms in total. The van der Waals surface area contributed by atoms with Gasteiger partial charge in [-0.15, -0.1) is 0 Å². The normalized spacial score (nSPS) is 16.1.